The zero-order valence-corrected chi connectivity index (χ0v) is 7.84. The first kappa shape index (κ1) is 11.6. The molecular formula is C8H11F3S. The van der Waals surface area contributed by atoms with E-state index in [9.17, 15) is 13.2 Å². The van der Waals surface area contributed by atoms with E-state index in [-0.39, 0.29) is 11.3 Å². The minimum absolute atomic E-state index is 0.00694. The Morgan fingerprint density at radius 2 is 1.92 bits per heavy atom. The zero-order valence-electron chi connectivity index (χ0n) is 6.94. The highest BCUT2D eigenvalue weighted by atomic mass is 32.1. The van der Waals surface area contributed by atoms with Gasteiger partial charge in [-0.3, -0.25) is 0 Å². The lowest BCUT2D eigenvalue weighted by Crippen LogP contribution is -2.12. The molecule has 0 amide bonds. The van der Waals surface area contributed by atoms with E-state index < -0.39 is 11.7 Å². The summed E-state index contributed by atoms with van der Waals surface area (Å²) in [7, 11) is 0. The molecule has 0 heterocycles. The van der Waals surface area contributed by atoms with Crippen molar-refractivity contribution in [2.24, 2.45) is 0 Å². The molecule has 0 rings (SSSR count). The second kappa shape index (κ2) is 4.60. The first-order valence-corrected chi connectivity index (χ1v) is 4.00. The largest absolute Gasteiger partial charge is 0.413 e. The van der Waals surface area contributed by atoms with Gasteiger partial charge in [0.1, 0.15) is 0 Å². The topological polar surface area (TPSA) is 0 Å². The molecular weight excluding hydrogens is 185 g/mol. The molecule has 0 aliphatic heterocycles. The van der Waals surface area contributed by atoms with Crippen LogP contribution in [0.1, 0.15) is 20.3 Å². The first-order chi connectivity index (χ1) is 5.43. The van der Waals surface area contributed by atoms with Gasteiger partial charge in [-0.1, -0.05) is 19.1 Å². The number of thiol groups is 1. The fraction of sp³-hybridized carbons (Fsp3) is 0.500. The Bertz CT molecular complexity index is 201. The first-order valence-electron chi connectivity index (χ1n) is 3.55. The molecule has 0 aromatic rings. The number of hydrogen-bond acceptors (Lipinski definition) is 1. The van der Waals surface area contributed by atoms with E-state index in [1.165, 1.54) is 19.1 Å². The van der Waals surface area contributed by atoms with Crippen molar-refractivity contribution < 1.29 is 13.2 Å². The second-order valence-electron chi connectivity index (χ2n) is 2.22. The maximum absolute atomic E-state index is 12.2. The van der Waals surface area contributed by atoms with Crippen LogP contribution in [0.4, 0.5) is 13.2 Å². The molecule has 0 aliphatic rings. The minimum Gasteiger partial charge on any atom is -0.166 e. The molecule has 0 aromatic heterocycles. The quantitative estimate of drug-likeness (QED) is 0.505. The van der Waals surface area contributed by atoms with Crippen molar-refractivity contribution in [1.82, 2.24) is 0 Å². The summed E-state index contributed by atoms with van der Waals surface area (Å²) < 4.78 is 36.5. The lowest BCUT2D eigenvalue weighted by Gasteiger charge is -2.10. The van der Waals surface area contributed by atoms with E-state index in [0.717, 1.165) is 0 Å². The van der Waals surface area contributed by atoms with Crippen LogP contribution < -0.4 is 0 Å². The van der Waals surface area contributed by atoms with Crippen molar-refractivity contribution in [2.45, 2.75) is 26.4 Å². The predicted octanol–water partition coefficient (Wildman–Crippen LogP) is 3.72. The standard InChI is InChI=1S/C8H11F3S/c1-3-5-7(12)6(4-2)8(9,10)11/h3,5,12H,4H2,1-2H3/b5-3-,7-6-. The van der Waals surface area contributed by atoms with Gasteiger partial charge in [0.15, 0.2) is 0 Å². The maximum atomic E-state index is 12.2. The summed E-state index contributed by atoms with van der Waals surface area (Å²) in [6, 6.07) is 0. The summed E-state index contributed by atoms with van der Waals surface area (Å²) >= 11 is 3.75. The van der Waals surface area contributed by atoms with Gasteiger partial charge in [-0.2, -0.15) is 13.2 Å². The summed E-state index contributed by atoms with van der Waals surface area (Å²) in [5.41, 5.74) is -0.580. The SMILES string of the molecule is C/C=C\C(S)=C(/CC)C(F)(F)F. The summed E-state index contributed by atoms with van der Waals surface area (Å²) in [5.74, 6) is 0. The number of hydrogen-bond donors (Lipinski definition) is 1. The molecule has 4 heteroatoms. The molecule has 0 radical (unpaired) electrons. The van der Waals surface area contributed by atoms with Crippen molar-refractivity contribution >= 4 is 12.6 Å². The molecule has 70 valence electrons. The molecule has 0 saturated carbocycles. The third-order valence-corrected chi connectivity index (χ3v) is 1.75. The summed E-state index contributed by atoms with van der Waals surface area (Å²) in [5, 5.41) is 0. The van der Waals surface area contributed by atoms with E-state index in [4.69, 9.17) is 0 Å². The van der Waals surface area contributed by atoms with Gasteiger partial charge >= 0.3 is 6.18 Å². The van der Waals surface area contributed by atoms with E-state index in [0.29, 0.717) is 0 Å². The van der Waals surface area contributed by atoms with E-state index >= 15 is 0 Å². The molecule has 0 atom stereocenters. The Balaban J connectivity index is 4.86. The fourth-order valence-electron chi connectivity index (χ4n) is 0.785. The smallest absolute Gasteiger partial charge is 0.166 e. The molecule has 0 spiro atoms. The average molecular weight is 196 g/mol. The van der Waals surface area contributed by atoms with Gasteiger partial charge in [0.2, 0.25) is 0 Å². The van der Waals surface area contributed by atoms with Crippen LogP contribution in [0.5, 0.6) is 0 Å². The lowest BCUT2D eigenvalue weighted by molar-refractivity contribution is -0.0937. The van der Waals surface area contributed by atoms with E-state index in [1.807, 2.05) is 0 Å². The molecule has 0 bridgehead atoms. The molecule has 0 nitrogen and oxygen atoms in total. The van der Waals surface area contributed by atoms with Gasteiger partial charge in [0.05, 0.1) is 0 Å². The molecule has 0 unspecified atom stereocenters. The Morgan fingerprint density at radius 3 is 2.17 bits per heavy atom. The van der Waals surface area contributed by atoms with Crippen molar-refractivity contribution in [1.29, 1.82) is 0 Å². The van der Waals surface area contributed by atoms with Crippen molar-refractivity contribution in [3.05, 3.63) is 22.6 Å². The Hall–Kier alpha value is -0.380. The third-order valence-electron chi connectivity index (χ3n) is 1.33. The average Bonchev–Trinajstić information content (AvgIpc) is 1.85. The van der Waals surface area contributed by atoms with Gasteiger partial charge < -0.3 is 0 Å². The third kappa shape index (κ3) is 3.34. The van der Waals surface area contributed by atoms with Gasteiger partial charge in [0, 0.05) is 10.5 Å². The highest BCUT2D eigenvalue weighted by Crippen LogP contribution is 2.32. The normalized spacial score (nSPS) is 15.2. The second-order valence-corrected chi connectivity index (χ2v) is 2.70. The summed E-state index contributed by atoms with van der Waals surface area (Å²) in [6.07, 6.45) is -1.43. The van der Waals surface area contributed by atoms with Crippen LogP contribution in [0.25, 0.3) is 0 Å². The van der Waals surface area contributed by atoms with Crippen LogP contribution in [-0.4, -0.2) is 6.18 Å². The fourth-order valence-corrected chi connectivity index (χ4v) is 1.22. The van der Waals surface area contributed by atoms with Gasteiger partial charge in [-0.05, 0) is 13.3 Å². The molecule has 12 heavy (non-hydrogen) atoms. The zero-order chi connectivity index (χ0) is 9.78. The van der Waals surface area contributed by atoms with Crippen molar-refractivity contribution in [3.63, 3.8) is 0 Å². The number of allylic oxidation sites excluding steroid dienone is 3. The highest BCUT2D eigenvalue weighted by Gasteiger charge is 2.33. The van der Waals surface area contributed by atoms with E-state index in [2.05, 4.69) is 12.6 Å². The Morgan fingerprint density at radius 1 is 1.42 bits per heavy atom. The van der Waals surface area contributed by atoms with Crippen LogP contribution in [-0.2, 0) is 0 Å². The minimum atomic E-state index is -4.26. The van der Waals surface area contributed by atoms with Crippen LogP contribution in [0.2, 0.25) is 0 Å². The number of halogens is 3. The predicted molar refractivity (Wildman–Crippen MR) is 47.2 cm³/mol. The monoisotopic (exact) mass is 196 g/mol. The maximum Gasteiger partial charge on any atom is 0.413 e. The number of alkyl halides is 3. The summed E-state index contributed by atoms with van der Waals surface area (Å²) in [6.45, 7) is 3.11. The Labute approximate surface area is 75.6 Å². The lowest BCUT2D eigenvalue weighted by atomic mass is 10.2. The van der Waals surface area contributed by atoms with Crippen LogP contribution in [0.3, 0.4) is 0 Å². The van der Waals surface area contributed by atoms with Crippen LogP contribution in [0, 0.1) is 0 Å². The summed E-state index contributed by atoms with van der Waals surface area (Å²) in [4.78, 5) is -0.00694. The number of rotatable bonds is 2. The van der Waals surface area contributed by atoms with Gasteiger partial charge in [0.25, 0.3) is 0 Å². The Kier molecular flexibility index (Phi) is 4.45. The highest BCUT2D eigenvalue weighted by molar-refractivity contribution is 7.84. The van der Waals surface area contributed by atoms with Gasteiger partial charge in [-0.25, -0.2) is 0 Å². The van der Waals surface area contributed by atoms with Crippen LogP contribution >= 0.6 is 12.6 Å². The molecule has 0 aliphatic carbocycles. The molecule has 0 saturated heterocycles. The van der Waals surface area contributed by atoms with Crippen molar-refractivity contribution in [2.75, 3.05) is 0 Å². The van der Waals surface area contributed by atoms with Crippen molar-refractivity contribution in [3.8, 4) is 0 Å². The molecule has 0 aromatic carbocycles. The molecule has 0 fully saturated rings. The van der Waals surface area contributed by atoms with Crippen LogP contribution in [0.15, 0.2) is 22.6 Å². The van der Waals surface area contributed by atoms with E-state index in [1.54, 1.807) is 6.92 Å². The molecule has 0 N–H and O–H groups in total. The van der Waals surface area contributed by atoms with Gasteiger partial charge in [-0.15, -0.1) is 12.6 Å².